The number of fused-ring (bicyclic) bond motifs is 2. The molecule has 4 atom stereocenters. The summed E-state index contributed by atoms with van der Waals surface area (Å²) in [4.78, 5) is 2.61. The Morgan fingerprint density at radius 2 is 2.12 bits per heavy atom. The van der Waals surface area contributed by atoms with Crippen molar-refractivity contribution in [1.29, 1.82) is 0 Å². The van der Waals surface area contributed by atoms with E-state index in [0.717, 1.165) is 11.6 Å². The van der Waals surface area contributed by atoms with Crippen molar-refractivity contribution in [3.63, 3.8) is 0 Å². The predicted octanol–water partition coefficient (Wildman–Crippen LogP) is 2.49. The van der Waals surface area contributed by atoms with E-state index < -0.39 is 0 Å². The molecule has 0 spiro atoms. The first-order valence-electron chi connectivity index (χ1n) is 6.79. The van der Waals surface area contributed by atoms with Crippen LogP contribution in [0.15, 0.2) is 5.16 Å². The third-order valence-corrected chi connectivity index (χ3v) is 4.97. The zero-order valence-electron chi connectivity index (χ0n) is 10.1. The highest BCUT2D eigenvalue weighted by molar-refractivity contribution is 5.94. The van der Waals surface area contributed by atoms with E-state index in [1.54, 1.807) is 0 Å². The summed E-state index contributed by atoms with van der Waals surface area (Å²) in [5, 5.41) is 12.9. The first kappa shape index (κ1) is 10.6. The monoisotopic (exact) mass is 222 g/mol. The van der Waals surface area contributed by atoms with Gasteiger partial charge in [-0.15, -0.1) is 0 Å². The Hall–Kier alpha value is -0.570. The quantitative estimate of drug-likeness (QED) is 0.546. The van der Waals surface area contributed by atoms with Gasteiger partial charge in [-0.1, -0.05) is 11.6 Å². The van der Waals surface area contributed by atoms with Crippen molar-refractivity contribution >= 4 is 5.71 Å². The molecule has 0 radical (unpaired) electrons. The molecule has 2 aliphatic carbocycles. The normalized spacial score (nSPS) is 46.7. The molecular formula is C13H22N2O. The van der Waals surface area contributed by atoms with E-state index in [1.165, 1.54) is 45.1 Å². The van der Waals surface area contributed by atoms with E-state index in [-0.39, 0.29) is 0 Å². The highest BCUT2D eigenvalue weighted by Gasteiger charge is 2.49. The SMILES string of the molecule is C[C@@H]1CCCCN1[C@H]1/C(=N\O)[C@H]2CC[C@H]1C2. The van der Waals surface area contributed by atoms with Gasteiger partial charge in [-0.05, 0) is 51.5 Å². The maximum absolute atomic E-state index is 9.24. The Morgan fingerprint density at radius 3 is 2.88 bits per heavy atom. The minimum Gasteiger partial charge on any atom is -0.411 e. The molecule has 3 heteroatoms. The van der Waals surface area contributed by atoms with E-state index in [0.29, 0.717) is 18.0 Å². The number of rotatable bonds is 1. The highest BCUT2D eigenvalue weighted by Crippen LogP contribution is 2.46. The van der Waals surface area contributed by atoms with Crippen molar-refractivity contribution in [3.8, 4) is 0 Å². The molecule has 0 amide bonds. The molecule has 0 unspecified atom stereocenters. The second kappa shape index (κ2) is 4.02. The van der Waals surface area contributed by atoms with Crippen molar-refractivity contribution in [1.82, 2.24) is 4.90 Å². The zero-order valence-corrected chi connectivity index (χ0v) is 10.1. The molecule has 1 heterocycles. The molecule has 16 heavy (non-hydrogen) atoms. The summed E-state index contributed by atoms with van der Waals surface area (Å²) < 4.78 is 0. The largest absolute Gasteiger partial charge is 0.411 e. The highest BCUT2D eigenvalue weighted by atomic mass is 16.4. The lowest BCUT2D eigenvalue weighted by Crippen LogP contribution is -2.51. The number of piperidine rings is 1. The summed E-state index contributed by atoms with van der Waals surface area (Å²) in [7, 11) is 0. The van der Waals surface area contributed by atoms with Crippen molar-refractivity contribution in [2.45, 2.75) is 57.5 Å². The van der Waals surface area contributed by atoms with Gasteiger partial charge in [0.25, 0.3) is 0 Å². The predicted molar refractivity (Wildman–Crippen MR) is 63.9 cm³/mol. The first-order chi connectivity index (χ1) is 7.81. The lowest BCUT2D eigenvalue weighted by atomic mass is 9.89. The van der Waals surface area contributed by atoms with Crippen LogP contribution in [0.2, 0.25) is 0 Å². The average molecular weight is 222 g/mol. The fourth-order valence-electron chi connectivity index (χ4n) is 4.17. The molecule has 1 saturated heterocycles. The molecule has 1 N–H and O–H groups in total. The van der Waals surface area contributed by atoms with Gasteiger partial charge in [-0.25, -0.2) is 0 Å². The minimum absolute atomic E-state index is 0.471. The summed E-state index contributed by atoms with van der Waals surface area (Å²) in [6.07, 6.45) is 7.86. The fraction of sp³-hybridized carbons (Fsp3) is 0.923. The number of oxime groups is 1. The second-order valence-corrected chi connectivity index (χ2v) is 5.82. The third-order valence-electron chi connectivity index (χ3n) is 4.97. The second-order valence-electron chi connectivity index (χ2n) is 5.82. The summed E-state index contributed by atoms with van der Waals surface area (Å²) in [5.41, 5.74) is 1.10. The van der Waals surface area contributed by atoms with Crippen molar-refractivity contribution in [3.05, 3.63) is 0 Å². The van der Waals surface area contributed by atoms with Crippen LogP contribution in [0.4, 0.5) is 0 Å². The standard InChI is InChI=1S/C13H22N2O/c1-9-4-2-3-7-15(9)13-11-6-5-10(8-11)12(13)14-16/h9-11,13,16H,2-8H2,1H3/b14-12-/t9-,10+,11+,13-/m1/s1. The van der Waals surface area contributed by atoms with E-state index >= 15 is 0 Å². The molecule has 0 aromatic rings. The van der Waals surface area contributed by atoms with Crippen LogP contribution in [0.3, 0.4) is 0 Å². The van der Waals surface area contributed by atoms with Gasteiger partial charge < -0.3 is 5.21 Å². The van der Waals surface area contributed by atoms with Crippen molar-refractivity contribution in [2.24, 2.45) is 17.0 Å². The van der Waals surface area contributed by atoms with Gasteiger partial charge in [0.15, 0.2) is 0 Å². The molecule has 0 aromatic heterocycles. The van der Waals surface area contributed by atoms with Crippen LogP contribution in [0.5, 0.6) is 0 Å². The maximum atomic E-state index is 9.24. The molecule has 3 fully saturated rings. The molecule has 2 saturated carbocycles. The number of hydrogen-bond donors (Lipinski definition) is 1. The van der Waals surface area contributed by atoms with Gasteiger partial charge in [0, 0.05) is 12.0 Å². The average Bonchev–Trinajstić information content (AvgIpc) is 2.89. The van der Waals surface area contributed by atoms with Crippen LogP contribution in [0, 0.1) is 11.8 Å². The summed E-state index contributed by atoms with van der Waals surface area (Å²) >= 11 is 0. The van der Waals surface area contributed by atoms with Gasteiger partial charge in [-0.2, -0.15) is 0 Å². The summed E-state index contributed by atoms with van der Waals surface area (Å²) in [6, 6.07) is 1.15. The minimum atomic E-state index is 0.471. The molecule has 2 bridgehead atoms. The first-order valence-corrected chi connectivity index (χ1v) is 6.79. The van der Waals surface area contributed by atoms with Gasteiger partial charge >= 0.3 is 0 Å². The molecule has 0 aromatic carbocycles. The lowest BCUT2D eigenvalue weighted by molar-refractivity contribution is 0.108. The van der Waals surface area contributed by atoms with Gasteiger partial charge in [0.05, 0.1) is 11.8 Å². The van der Waals surface area contributed by atoms with Crippen molar-refractivity contribution in [2.75, 3.05) is 6.54 Å². The molecule has 3 rings (SSSR count). The molecule has 3 nitrogen and oxygen atoms in total. The number of hydrogen-bond acceptors (Lipinski definition) is 3. The molecule has 1 aliphatic heterocycles. The van der Waals surface area contributed by atoms with E-state index in [1.807, 2.05) is 0 Å². The smallest absolute Gasteiger partial charge is 0.0775 e. The third kappa shape index (κ3) is 1.48. The topological polar surface area (TPSA) is 35.8 Å². The fourth-order valence-corrected chi connectivity index (χ4v) is 4.17. The van der Waals surface area contributed by atoms with Gasteiger partial charge in [0.1, 0.15) is 0 Å². The van der Waals surface area contributed by atoms with Crippen LogP contribution in [0.25, 0.3) is 0 Å². The van der Waals surface area contributed by atoms with E-state index in [9.17, 15) is 5.21 Å². The van der Waals surface area contributed by atoms with E-state index in [2.05, 4.69) is 17.0 Å². The van der Waals surface area contributed by atoms with Crippen LogP contribution in [-0.2, 0) is 0 Å². The zero-order chi connectivity index (χ0) is 11.1. The Balaban J connectivity index is 1.82. The Kier molecular flexibility index (Phi) is 2.66. The van der Waals surface area contributed by atoms with Crippen LogP contribution in [0.1, 0.15) is 45.4 Å². The summed E-state index contributed by atoms with van der Waals surface area (Å²) in [5.74, 6) is 1.37. The molecular weight excluding hydrogens is 200 g/mol. The van der Waals surface area contributed by atoms with Gasteiger partial charge in [-0.3, -0.25) is 4.90 Å². The Morgan fingerprint density at radius 1 is 1.25 bits per heavy atom. The van der Waals surface area contributed by atoms with Crippen LogP contribution in [-0.4, -0.2) is 34.4 Å². The number of likely N-dealkylation sites (tertiary alicyclic amines) is 1. The van der Waals surface area contributed by atoms with Gasteiger partial charge in [0.2, 0.25) is 0 Å². The van der Waals surface area contributed by atoms with Crippen molar-refractivity contribution < 1.29 is 5.21 Å². The number of nitrogens with zero attached hydrogens (tertiary/aromatic N) is 2. The Bertz CT molecular complexity index is 302. The van der Waals surface area contributed by atoms with E-state index in [4.69, 9.17) is 0 Å². The summed E-state index contributed by atoms with van der Waals surface area (Å²) in [6.45, 7) is 3.54. The maximum Gasteiger partial charge on any atom is 0.0775 e. The molecule has 3 aliphatic rings. The molecule has 90 valence electrons. The Labute approximate surface area is 97.5 Å². The van der Waals surface area contributed by atoms with Crippen LogP contribution >= 0.6 is 0 Å². The lowest BCUT2D eigenvalue weighted by Gasteiger charge is -2.41. The van der Waals surface area contributed by atoms with Crippen LogP contribution < -0.4 is 0 Å².